The van der Waals surface area contributed by atoms with Crippen molar-refractivity contribution in [1.82, 2.24) is 9.31 Å². The van der Waals surface area contributed by atoms with E-state index in [1.165, 1.54) is 37.3 Å². The first-order chi connectivity index (χ1) is 14.1. The molecule has 0 bridgehead atoms. The second kappa shape index (κ2) is 9.01. The molecule has 1 unspecified atom stereocenters. The van der Waals surface area contributed by atoms with E-state index in [0.29, 0.717) is 16.3 Å². The first kappa shape index (κ1) is 22.7. The Morgan fingerprint density at radius 3 is 2.33 bits per heavy atom. The molecule has 30 heavy (non-hydrogen) atoms. The number of benzene rings is 2. The fourth-order valence-corrected chi connectivity index (χ4v) is 4.43. The molecule has 0 N–H and O–H groups in total. The van der Waals surface area contributed by atoms with Crippen LogP contribution in [0, 0.1) is 11.6 Å². The van der Waals surface area contributed by atoms with E-state index < -0.39 is 27.8 Å². The highest BCUT2D eigenvalue weighted by Crippen LogP contribution is 2.33. The van der Waals surface area contributed by atoms with E-state index in [1.54, 1.807) is 30.5 Å². The molecule has 0 amide bonds. The molecule has 11 heteroatoms. The maximum absolute atomic E-state index is 14.6. The van der Waals surface area contributed by atoms with Gasteiger partial charge in [-0.3, -0.25) is 0 Å². The molecule has 0 aromatic heterocycles. The lowest BCUT2D eigenvalue weighted by atomic mass is 9.90. The number of hydrazone groups is 1. The van der Waals surface area contributed by atoms with Crippen molar-refractivity contribution in [3.05, 3.63) is 70.2 Å². The zero-order valence-electron chi connectivity index (χ0n) is 16.4. The summed E-state index contributed by atoms with van der Waals surface area (Å²) in [7, 11) is -1.19. The molecule has 3 rings (SSSR count). The fraction of sp³-hybridized carbons (Fsp3) is 0.263. The molecule has 1 aliphatic heterocycles. The van der Waals surface area contributed by atoms with Crippen LogP contribution in [-0.4, -0.2) is 55.5 Å². The van der Waals surface area contributed by atoms with Gasteiger partial charge in [0.25, 0.3) is 0 Å². The molecule has 2 aromatic rings. The van der Waals surface area contributed by atoms with E-state index >= 15 is 0 Å². The standard InChI is InChI=1S/C19H19ClF2N4O2S2/c1-25(2)30(27,28)24-19(29-3)26-11-14(17-15(21)5-4-6-16(17)22)18(23-26)12-7-9-13(20)10-8-12/h4-10,14H,11H2,1-3H3. The summed E-state index contributed by atoms with van der Waals surface area (Å²) in [5, 5.41) is 6.43. The van der Waals surface area contributed by atoms with Crippen LogP contribution < -0.4 is 0 Å². The maximum atomic E-state index is 14.6. The predicted molar refractivity (Wildman–Crippen MR) is 117 cm³/mol. The minimum Gasteiger partial charge on any atom is -0.240 e. The monoisotopic (exact) mass is 472 g/mol. The topological polar surface area (TPSA) is 65.3 Å². The zero-order valence-corrected chi connectivity index (χ0v) is 18.8. The second-order valence-corrected chi connectivity index (χ2v) is 9.62. The van der Waals surface area contributed by atoms with Gasteiger partial charge in [0.1, 0.15) is 11.6 Å². The Labute approximate surface area is 183 Å². The molecule has 6 nitrogen and oxygen atoms in total. The van der Waals surface area contributed by atoms with Gasteiger partial charge >= 0.3 is 10.2 Å². The summed E-state index contributed by atoms with van der Waals surface area (Å²) >= 11 is 7.03. The first-order valence-corrected chi connectivity index (χ1v) is 11.8. The Kier molecular flexibility index (Phi) is 6.81. The minimum absolute atomic E-state index is 0.0262. The van der Waals surface area contributed by atoms with Gasteiger partial charge in [-0.25, -0.2) is 13.8 Å². The van der Waals surface area contributed by atoms with Gasteiger partial charge in [0.05, 0.1) is 18.2 Å². The second-order valence-electron chi connectivity index (χ2n) is 6.60. The fourth-order valence-electron chi connectivity index (χ4n) is 2.94. The Hall–Kier alpha value is -2.01. The number of rotatable bonds is 4. The third-order valence-corrected chi connectivity index (χ3v) is 6.82. The summed E-state index contributed by atoms with van der Waals surface area (Å²) in [6.07, 6.45) is 1.65. The van der Waals surface area contributed by atoms with Crippen LogP contribution in [0.25, 0.3) is 0 Å². The minimum atomic E-state index is -3.91. The van der Waals surface area contributed by atoms with E-state index in [4.69, 9.17) is 11.6 Å². The van der Waals surface area contributed by atoms with Crippen molar-refractivity contribution in [3.8, 4) is 0 Å². The summed E-state index contributed by atoms with van der Waals surface area (Å²) in [6.45, 7) is 0.0262. The summed E-state index contributed by atoms with van der Waals surface area (Å²) in [5.41, 5.74) is 0.870. The smallest absolute Gasteiger partial charge is 0.240 e. The van der Waals surface area contributed by atoms with E-state index in [1.807, 2.05) is 0 Å². The molecular formula is C19H19ClF2N4O2S2. The highest BCUT2D eigenvalue weighted by molar-refractivity contribution is 8.13. The number of hydrogen-bond acceptors (Lipinski definition) is 4. The van der Waals surface area contributed by atoms with Crippen LogP contribution in [0.4, 0.5) is 8.78 Å². The summed E-state index contributed by atoms with van der Waals surface area (Å²) < 4.78 is 58.4. The molecule has 1 heterocycles. The van der Waals surface area contributed by atoms with Crippen LogP contribution in [0.5, 0.6) is 0 Å². The van der Waals surface area contributed by atoms with Gasteiger partial charge in [0, 0.05) is 24.7 Å². The molecule has 2 aromatic carbocycles. The van der Waals surface area contributed by atoms with Crippen molar-refractivity contribution in [2.24, 2.45) is 9.50 Å². The maximum Gasteiger partial charge on any atom is 0.324 e. The van der Waals surface area contributed by atoms with Crippen molar-refractivity contribution < 1.29 is 17.2 Å². The molecule has 0 spiro atoms. The molecule has 0 saturated heterocycles. The van der Waals surface area contributed by atoms with Crippen LogP contribution in [0.2, 0.25) is 5.02 Å². The highest BCUT2D eigenvalue weighted by Gasteiger charge is 2.35. The SMILES string of the molecule is CSC(=NS(=O)(=O)N(C)C)N1CC(c2c(F)cccc2F)C(c2ccc(Cl)cc2)=N1. The van der Waals surface area contributed by atoms with Crippen LogP contribution in [0.3, 0.4) is 0 Å². The Balaban J connectivity index is 2.12. The quantitative estimate of drug-likeness (QED) is 0.499. The lowest BCUT2D eigenvalue weighted by Crippen LogP contribution is -2.28. The van der Waals surface area contributed by atoms with Crippen LogP contribution in [0.15, 0.2) is 52.0 Å². The third kappa shape index (κ3) is 4.66. The number of thioether (sulfide) groups is 1. The van der Waals surface area contributed by atoms with Crippen LogP contribution in [-0.2, 0) is 10.2 Å². The molecule has 1 aliphatic rings. The number of amidine groups is 1. The Bertz CT molecular complexity index is 1090. The summed E-state index contributed by atoms with van der Waals surface area (Å²) in [4.78, 5) is 0. The average Bonchev–Trinajstić information content (AvgIpc) is 3.11. The number of nitrogens with zero attached hydrogens (tertiary/aromatic N) is 4. The van der Waals surface area contributed by atoms with E-state index in [0.717, 1.165) is 16.1 Å². The van der Waals surface area contributed by atoms with Crippen LogP contribution >= 0.6 is 23.4 Å². The molecule has 160 valence electrons. The van der Waals surface area contributed by atoms with Gasteiger partial charge < -0.3 is 0 Å². The van der Waals surface area contributed by atoms with Gasteiger partial charge in [-0.15, -0.1) is 4.40 Å². The molecule has 1 atom stereocenters. The van der Waals surface area contributed by atoms with Crippen molar-refractivity contribution >= 4 is 44.5 Å². The number of halogens is 3. The van der Waals surface area contributed by atoms with Gasteiger partial charge in [0.2, 0.25) is 0 Å². The van der Waals surface area contributed by atoms with Gasteiger partial charge in [-0.05, 0) is 36.1 Å². The Morgan fingerprint density at radius 1 is 1.20 bits per heavy atom. The molecule has 0 radical (unpaired) electrons. The van der Waals surface area contributed by atoms with E-state index in [-0.39, 0.29) is 17.3 Å². The van der Waals surface area contributed by atoms with Gasteiger partial charge in [0.15, 0.2) is 5.17 Å². The first-order valence-electron chi connectivity index (χ1n) is 8.76. The average molecular weight is 473 g/mol. The zero-order chi connectivity index (χ0) is 22.1. The van der Waals surface area contributed by atoms with Gasteiger partial charge in [-0.2, -0.15) is 17.8 Å². The van der Waals surface area contributed by atoms with Gasteiger partial charge in [-0.1, -0.05) is 41.6 Å². The normalized spacial score (nSPS) is 17.6. The van der Waals surface area contributed by atoms with E-state index in [9.17, 15) is 17.2 Å². The lowest BCUT2D eigenvalue weighted by molar-refractivity contribution is 0.466. The summed E-state index contributed by atoms with van der Waals surface area (Å²) in [6, 6.07) is 10.3. The van der Waals surface area contributed by atoms with E-state index in [2.05, 4.69) is 9.50 Å². The largest absolute Gasteiger partial charge is 0.324 e. The highest BCUT2D eigenvalue weighted by atomic mass is 35.5. The third-order valence-electron chi connectivity index (χ3n) is 4.46. The van der Waals surface area contributed by atoms with Crippen molar-refractivity contribution in [3.63, 3.8) is 0 Å². The number of hydrogen-bond donors (Lipinski definition) is 0. The molecule has 0 saturated carbocycles. The molecule has 0 fully saturated rings. The van der Waals surface area contributed by atoms with Crippen molar-refractivity contribution in [2.75, 3.05) is 26.9 Å². The predicted octanol–water partition coefficient (Wildman–Crippen LogP) is 3.95. The van der Waals surface area contributed by atoms with Crippen molar-refractivity contribution in [2.45, 2.75) is 5.92 Å². The lowest BCUT2D eigenvalue weighted by Gasteiger charge is -2.18. The van der Waals surface area contributed by atoms with Crippen molar-refractivity contribution in [1.29, 1.82) is 0 Å². The molecule has 0 aliphatic carbocycles. The molecular weight excluding hydrogens is 454 g/mol. The van der Waals surface area contributed by atoms with Crippen LogP contribution in [0.1, 0.15) is 17.0 Å². The summed E-state index contributed by atoms with van der Waals surface area (Å²) in [5.74, 6) is -2.18. The Morgan fingerprint density at radius 2 is 1.80 bits per heavy atom.